The van der Waals surface area contributed by atoms with E-state index in [-0.39, 0.29) is 11.2 Å². The van der Waals surface area contributed by atoms with E-state index >= 15 is 0 Å². The number of nitrogens with zero attached hydrogens (tertiary/aromatic N) is 2. The molecule has 0 radical (unpaired) electrons. The average Bonchev–Trinajstić information content (AvgIpc) is 2.89. The SMILES string of the molecule is CC1(C)Cc2sc3c(=O)n(Cc4ccccc4Cl)cnc3c2CO1. The van der Waals surface area contributed by atoms with Crippen LogP contribution in [0.15, 0.2) is 35.4 Å². The minimum Gasteiger partial charge on any atom is -0.370 e. The number of fused-ring (bicyclic) bond motifs is 3. The number of hydrogen-bond acceptors (Lipinski definition) is 4. The second-order valence-electron chi connectivity index (χ2n) is 6.68. The highest BCUT2D eigenvalue weighted by Crippen LogP contribution is 2.36. The molecule has 1 aliphatic rings. The highest BCUT2D eigenvalue weighted by atomic mass is 35.5. The number of halogens is 1. The van der Waals surface area contributed by atoms with Gasteiger partial charge in [-0.2, -0.15) is 0 Å². The molecule has 0 bridgehead atoms. The Labute approximate surface area is 148 Å². The molecule has 4 rings (SSSR count). The van der Waals surface area contributed by atoms with E-state index in [1.165, 1.54) is 4.88 Å². The summed E-state index contributed by atoms with van der Waals surface area (Å²) < 4.78 is 8.21. The Morgan fingerprint density at radius 2 is 2.17 bits per heavy atom. The lowest BCUT2D eigenvalue weighted by Gasteiger charge is -2.29. The van der Waals surface area contributed by atoms with Crippen LogP contribution >= 0.6 is 22.9 Å². The van der Waals surface area contributed by atoms with Crippen LogP contribution in [-0.2, 0) is 24.3 Å². The molecule has 24 heavy (non-hydrogen) atoms. The van der Waals surface area contributed by atoms with E-state index in [4.69, 9.17) is 16.3 Å². The first-order valence-electron chi connectivity index (χ1n) is 7.82. The first-order valence-corrected chi connectivity index (χ1v) is 9.01. The molecule has 0 saturated carbocycles. The summed E-state index contributed by atoms with van der Waals surface area (Å²) in [5.74, 6) is 0. The standard InChI is InChI=1S/C18H17ClN2O2S/c1-18(2)7-14-12(9-23-18)15-16(24-14)17(22)21(10-20-15)8-11-5-3-4-6-13(11)19/h3-6,10H,7-9H2,1-2H3. The van der Waals surface area contributed by atoms with Gasteiger partial charge in [0.1, 0.15) is 4.70 Å². The lowest BCUT2D eigenvalue weighted by atomic mass is 9.98. The molecule has 124 valence electrons. The van der Waals surface area contributed by atoms with Gasteiger partial charge >= 0.3 is 0 Å². The fourth-order valence-corrected chi connectivity index (χ4v) is 4.63. The molecule has 1 aromatic carbocycles. The predicted octanol–water partition coefficient (Wildman–Crippen LogP) is 4.01. The van der Waals surface area contributed by atoms with Gasteiger partial charge in [-0.05, 0) is 25.5 Å². The van der Waals surface area contributed by atoms with Crippen LogP contribution in [0.5, 0.6) is 0 Å². The van der Waals surface area contributed by atoms with Gasteiger partial charge in [-0.15, -0.1) is 11.3 Å². The molecule has 0 amide bonds. The molecule has 0 atom stereocenters. The lowest BCUT2D eigenvalue weighted by Crippen LogP contribution is -2.30. The monoisotopic (exact) mass is 360 g/mol. The molecular weight excluding hydrogens is 344 g/mol. The van der Waals surface area contributed by atoms with E-state index in [2.05, 4.69) is 18.8 Å². The van der Waals surface area contributed by atoms with Crippen LogP contribution in [-0.4, -0.2) is 15.2 Å². The Kier molecular flexibility index (Phi) is 3.75. The van der Waals surface area contributed by atoms with Crippen LogP contribution in [0.25, 0.3) is 10.2 Å². The van der Waals surface area contributed by atoms with E-state index in [1.54, 1.807) is 22.2 Å². The van der Waals surface area contributed by atoms with Gasteiger partial charge in [0.25, 0.3) is 5.56 Å². The summed E-state index contributed by atoms with van der Waals surface area (Å²) in [5, 5.41) is 0.658. The van der Waals surface area contributed by atoms with Gasteiger partial charge in [0, 0.05) is 21.9 Å². The van der Waals surface area contributed by atoms with Gasteiger partial charge in [-0.3, -0.25) is 9.36 Å². The van der Waals surface area contributed by atoms with Gasteiger partial charge in [0.05, 0.1) is 30.6 Å². The van der Waals surface area contributed by atoms with Crippen molar-refractivity contribution in [1.29, 1.82) is 0 Å². The summed E-state index contributed by atoms with van der Waals surface area (Å²) >= 11 is 7.76. The molecule has 4 nitrogen and oxygen atoms in total. The second-order valence-corrected chi connectivity index (χ2v) is 8.19. The predicted molar refractivity (Wildman–Crippen MR) is 97.0 cm³/mol. The van der Waals surface area contributed by atoms with Crippen molar-refractivity contribution >= 4 is 33.2 Å². The fraction of sp³-hybridized carbons (Fsp3) is 0.333. The highest BCUT2D eigenvalue weighted by molar-refractivity contribution is 7.19. The molecule has 3 aromatic rings. The van der Waals surface area contributed by atoms with Crippen molar-refractivity contribution in [2.75, 3.05) is 0 Å². The van der Waals surface area contributed by atoms with E-state index in [0.717, 1.165) is 23.1 Å². The quantitative estimate of drug-likeness (QED) is 0.693. The smallest absolute Gasteiger partial charge is 0.271 e. The number of hydrogen-bond donors (Lipinski definition) is 0. The fourth-order valence-electron chi connectivity index (χ4n) is 3.01. The molecule has 0 N–H and O–H groups in total. The van der Waals surface area contributed by atoms with Crippen LogP contribution in [0.1, 0.15) is 29.9 Å². The van der Waals surface area contributed by atoms with Crippen molar-refractivity contribution in [1.82, 2.24) is 9.55 Å². The summed E-state index contributed by atoms with van der Waals surface area (Å²) in [4.78, 5) is 18.6. The van der Waals surface area contributed by atoms with Crippen LogP contribution in [0.3, 0.4) is 0 Å². The first-order chi connectivity index (χ1) is 11.4. The minimum atomic E-state index is -0.190. The zero-order valence-electron chi connectivity index (χ0n) is 13.5. The molecule has 1 aliphatic heterocycles. The zero-order chi connectivity index (χ0) is 16.9. The molecule has 0 fully saturated rings. The van der Waals surface area contributed by atoms with Crippen LogP contribution < -0.4 is 5.56 Å². The number of ether oxygens (including phenoxy) is 1. The van der Waals surface area contributed by atoms with Crippen LogP contribution in [0.2, 0.25) is 5.02 Å². The third-order valence-corrected chi connectivity index (χ3v) is 5.91. The van der Waals surface area contributed by atoms with Gasteiger partial charge < -0.3 is 4.74 Å². The Balaban J connectivity index is 1.79. The maximum atomic E-state index is 12.9. The van der Waals surface area contributed by atoms with E-state index in [9.17, 15) is 4.79 Å². The minimum absolute atomic E-state index is 0.0166. The summed E-state index contributed by atoms with van der Waals surface area (Å²) in [5.41, 5.74) is 2.55. The van der Waals surface area contributed by atoms with E-state index < -0.39 is 0 Å². The van der Waals surface area contributed by atoms with Gasteiger partial charge in [0.15, 0.2) is 0 Å². The molecule has 0 unspecified atom stereocenters. The molecule has 6 heteroatoms. The number of aromatic nitrogens is 2. The number of benzene rings is 1. The molecule has 0 saturated heterocycles. The van der Waals surface area contributed by atoms with E-state index in [0.29, 0.717) is 22.9 Å². The third kappa shape index (κ3) is 2.66. The van der Waals surface area contributed by atoms with Crippen LogP contribution in [0.4, 0.5) is 0 Å². The van der Waals surface area contributed by atoms with Crippen molar-refractivity contribution in [2.24, 2.45) is 0 Å². The number of thiophene rings is 1. The summed E-state index contributed by atoms with van der Waals surface area (Å²) in [6.45, 7) is 5.09. The van der Waals surface area contributed by atoms with Crippen molar-refractivity contribution in [2.45, 2.75) is 39.0 Å². The van der Waals surface area contributed by atoms with Gasteiger partial charge in [-0.1, -0.05) is 29.8 Å². The largest absolute Gasteiger partial charge is 0.370 e. The Bertz CT molecular complexity index is 990. The normalized spacial score (nSPS) is 16.3. The summed E-state index contributed by atoms with van der Waals surface area (Å²) in [7, 11) is 0. The zero-order valence-corrected chi connectivity index (χ0v) is 15.1. The van der Waals surface area contributed by atoms with E-state index in [1.807, 2.05) is 24.3 Å². The Morgan fingerprint density at radius 3 is 2.96 bits per heavy atom. The maximum absolute atomic E-state index is 12.9. The third-order valence-electron chi connectivity index (χ3n) is 4.34. The van der Waals surface area contributed by atoms with Crippen molar-refractivity contribution < 1.29 is 4.74 Å². The molecule has 0 aliphatic carbocycles. The number of rotatable bonds is 2. The van der Waals surface area contributed by atoms with Crippen LogP contribution in [0, 0.1) is 0 Å². The Morgan fingerprint density at radius 1 is 1.38 bits per heavy atom. The second kappa shape index (κ2) is 5.69. The van der Waals surface area contributed by atoms with Crippen molar-refractivity contribution in [3.63, 3.8) is 0 Å². The van der Waals surface area contributed by atoms with Gasteiger partial charge in [0.2, 0.25) is 0 Å². The highest BCUT2D eigenvalue weighted by Gasteiger charge is 2.30. The van der Waals surface area contributed by atoms with Gasteiger partial charge in [-0.25, -0.2) is 4.98 Å². The average molecular weight is 361 g/mol. The summed E-state index contributed by atoms with van der Waals surface area (Å²) in [6.07, 6.45) is 2.42. The Hall–Kier alpha value is -1.69. The molecule has 3 heterocycles. The van der Waals surface area contributed by atoms with Crippen molar-refractivity contribution in [3.8, 4) is 0 Å². The van der Waals surface area contributed by atoms with Crippen molar-refractivity contribution in [3.05, 3.63) is 62.0 Å². The first kappa shape index (κ1) is 15.8. The molecule has 2 aromatic heterocycles. The summed E-state index contributed by atoms with van der Waals surface area (Å²) in [6, 6.07) is 7.55. The maximum Gasteiger partial charge on any atom is 0.271 e. The topological polar surface area (TPSA) is 44.1 Å². The molecular formula is C18H17ClN2O2S. The molecule has 0 spiro atoms. The lowest BCUT2D eigenvalue weighted by molar-refractivity contribution is -0.0383.